The van der Waals surface area contributed by atoms with Crippen LogP contribution >= 0.6 is 0 Å². The molecule has 0 bridgehead atoms. The zero-order chi connectivity index (χ0) is 24.1. The van der Waals surface area contributed by atoms with E-state index in [4.69, 9.17) is 9.72 Å². The number of nitrogens with zero attached hydrogens (tertiary/aromatic N) is 4. The molecule has 0 radical (unpaired) electrons. The first-order valence-electron chi connectivity index (χ1n) is 12.6. The Morgan fingerprint density at radius 3 is 2.76 bits per heavy atom. The maximum absolute atomic E-state index is 12.0. The van der Waals surface area contributed by atoms with Gasteiger partial charge in [-0.25, -0.2) is 15.0 Å². The van der Waals surface area contributed by atoms with E-state index in [-0.39, 0.29) is 5.97 Å². The Hall–Kier alpha value is -2.90. The van der Waals surface area contributed by atoms with Gasteiger partial charge in [0.25, 0.3) is 0 Å². The fourth-order valence-electron chi connectivity index (χ4n) is 4.79. The molecule has 0 spiro atoms. The van der Waals surface area contributed by atoms with Crippen LogP contribution in [0.2, 0.25) is 0 Å². The van der Waals surface area contributed by atoms with E-state index in [0.717, 1.165) is 68.3 Å². The number of aryl methyl sites for hydroxylation is 1. The van der Waals surface area contributed by atoms with Gasteiger partial charge in [0.15, 0.2) is 0 Å². The van der Waals surface area contributed by atoms with Crippen molar-refractivity contribution in [1.29, 1.82) is 0 Å². The van der Waals surface area contributed by atoms with Crippen molar-refractivity contribution in [2.24, 2.45) is 0 Å². The quantitative estimate of drug-likeness (QED) is 0.583. The van der Waals surface area contributed by atoms with Crippen LogP contribution in [0.25, 0.3) is 0 Å². The van der Waals surface area contributed by atoms with Crippen LogP contribution in [0.15, 0.2) is 18.5 Å². The standard InChI is InChI=1S/C26H38N6O2/c1-5-20-24(28-14-10-22(33)34-26(2,3)4)29-17-30-25(20)32-15-11-18(12-16-32)21-9-8-19-7-6-13-27-23(19)31-21/h8-9,17-18H,5-7,10-16H2,1-4H3,(H,27,31)(H,28,29,30). The van der Waals surface area contributed by atoms with E-state index in [1.165, 1.54) is 17.7 Å². The molecule has 1 fully saturated rings. The number of esters is 1. The van der Waals surface area contributed by atoms with Crippen LogP contribution in [-0.2, 0) is 22.4 Å². The van der Waals surface area contributed by atoms with E-state index in [0.29, 0.717) is 18.9 Å². The largest absolute Gasteiger partial charge is 0.460 e. The fraction of sp³-hybridized carbons (Fsp3) is 0.615. The summed E-state index contributed by atoms with van der Waals surface area (Å²) in [6, 6.07) is 4.48. The normalized spacial score (nSPS) is 16.5. The topological polar surface area (TPSA) is 92.3 Å². The molecule has 184 valence electrons. The highest BCUT2D eigenvalue weighted by Gasteiger charge is 2.26. The van der Waals surface area contributed by atoms with Gasteiger partial charge in [0.1, 0.15) is 29.4 Å². The number of anilines is 3. The van der Waals surface area contributed by atoms with E-state index in [1.807, 2.05) is 20.8 Å². The predicted octanol–water partition coefficient (Wildman–Crippen LogP) is 4.32. The summed E-state index contributed by atoms with van der Waals surface area (Å²) >= 11 is 0. The second-order valence-electron chi connectivity index (χ2n) is 10.2. The first-order valence-corrected chi connectivity index (χ1v) is 12.6. The molecule has 4 rings (SSSR count). The summed E-state index contributed by atoms with van der Waals surface area (Å²) in [5, 5.41) is 6.79. The van der Waals surface area contributed by atoms with Gasteiger partial charge in [-0.3, -0.25) is 4.79 Å². The van der Waals surface area contributed by atoms with Crippen LogP contribution in [0.4, 0.5) is 17.5 Å². The second kappa shape index (κ2) is 10.6. The number of piperidine rings is 1. The molecule has 2 aliphatic rings. The van der Waals surface area contributed by atoms with Crippen molar-refractivity contribution in [3.8, 4) is 0 Å². The molecule has 0 atom stereocenters. The Morgan fingerprint density at radius 2 is 2.03 bits per heavy atom. The fourth-order valence-corrected chi connectivity index (χ4v) is 4.79. The van der Waals surface area contributed by atoms with Crippen molar-refractivity contribution < 1.29 is 9.53 Å². The summed E-state index contributed by atoms with van der Waals surface area (Å²) in [4.78, 5) is 28.5. The highest BCUT2D eigenvalue weighted by atomic mass is 16.6. The Kier molecular flexibility index (Phi) is 7.54. The van der Waals surface area contributed by atoms with Crippen LogP contribution < -0.4 is 15.5 Å². The number of carbonyl (C=O) groups is 1. The Morgan fingerprint density at radius 1 is 1.24 bits per heavy atom. The van der Waals surface area contributed by atoms with Gasteiger partial charge in [-0.2, -0.15) is 0 Å². The third kappa shape index (κ3) is 5.96. The summed E-state index contributed by atoms with van der Waals surface area (Å²) in [6.45, 7) is 11.2. The van der Waals surface area contributed by atoms with Crippen molar-refractivity contribution in [2.75, 3.05) is 41.7 Å². The van der Waals surface area contributed by atoms with E-state index in [1.54, 1.807) is 6.33 Å². The molecule has 0 aromatic carbocycles. The van der Waals surface area contributed by atoms with Crippen LogP contribution in [0, 0.1) is 0 Å². The minimum atomic E-state index is -0.467. The average Bonchev–Trinajstić information content (AvgIpc) is 2.82. The monoisotopic (exact) mass is 466 g/mol. The molecule has 0 saturated carbocycles. The Labute approximate surface area is 202 Å². The molecule has 0 unspecified atom stereocenters. The van der Waals surface area contributed by atoms with Crippen molar-refractivity contribution in [3.63, 3.8) is 0 Å². The molecule has 2 aromatic rings. The number of rotatable bonds is 7. The number of carbonyl (C=O) groups excluding carboxylic acids is 1. The average molecular weight is 467 g/mol. The van der Waals surface area contributed by atoms with Crippen LogP contribution in [-0.4, -0.2) is 52.7 Å². The third-order valence-electron chi connectivity index (χ3n) is 6.45. The summed E-state index contributed by atoms with van der Waals surface area (Å²) in [5.74, 6) is 3.15. The molecule has 2 aromatic heterocycles. The maximum Gasteiger partial charge on any atom is 0.308 e. The summed E-state index contributed by atoms with van der Waals surface area (Å²) in [7, 11) is 0. The van der Waals surface area contributed by atoms with Crippen molar-refractivity contribution in [3.05, 3.63) is 35.3 Å². The van der Waals surface area contributed by atoms with Crippen molar-refractivity contribution in [2.45, 2.75) is 77.7 Å². The zero-order valence-corrected chi connectivity index (χ0v) is 21.0. The van der Waals surface area contributed by atoms with Crippen LogP contribution in [0.5, 0.6) is 0 Å². The number of hydrogen-bond acceptors (Lipinski definition) is 8. The van der Waals surface area contributed by atoms with E-state index in [9.17, 15) is 4.79 Å². The summed E-state index contributed by atoms with van der Waals surface area (Å²) in [5.41, 5.74) is 3.18. The second-order valence-corrected chi connectivity index (χ2v) is 10.2. The summed E-state index contributed by atoms with van der Waals surface area (Å²) in [6.07, 6.45) is 7.16. The molecule has 34 heavy (non-hydrogen) atoms. The smallest absolute Gasteiger partial charge is 0.308 e. The molecule has 8 nitrogen and oxygen atoms in total. The Balaban J connectivity index is 1.37. The number of nitrogens with one attached hydrogen (secondary N) is 2. The molecule has 2 aliphatic heterocycles. The number of aromatic nitrogens is 3. The van der Waals surface area contributed by atoms with Gasteiger partial charge in [-0.1, -0.05) is 13.0 Å². The van der Waals surface area contributed by atoms with Crippen molar-refractivity contribution >= 4 is 23.4 Å². The van der Waals surface area contributed by atoms with Gasteiger partial charge in [0, 0.05) is 43.4 Å². The number of fused-ring (bicyclic) bond motifs is 1. The lowest BCUT2D eigenvalue weighted by Gasteiger charge is -2.34. The first-order chi connectivity index (χ1) is 16.3. The lowest BCUT2D eigenvalue weighted by molar-refractivity contribution is -0.154. The van der Waals surface area contributed by atoms with Gasteiger partial charge in [-0.05, 0) is 64.5 Å². The van der Waals surface area contributed by atoms with E-state index < -0.39 is 5.60 Å². The molecule has 8 heteroatoms. The highest BCUT2D eigenvalue weighted by Crippen LogP contribution is 2.33. The minimum absolute atomic E-state index is 0.208. The molecule has 1 saturated heterocycles. The molecular weight excluding hydrogens is 428 g/mol. The Bertz CT molecular complexity index is 995. The van der Waals surface area contributed by atoms with Crippen LogP contribution in [0.1, 0.15) is 76.1 Å². The van der Waals surface area contributed by atoms with Gasteiger partial charge in [0.2, 0.25) is 0 Å². The molecule has 0 amide bonds. The van der Waals surface area contributed by atoms with E-state index in [2.05, 4.69) is 44.6 Å². The molecule has 0 aliphatic carbocycles. The van der Waals surface area contributed by atoms with Crippen molar-refractivity contribution in [1.82, 2.24) is 15.0 Å². The maximum atomic E-state index is 12.0. The first kappa shape index (κ1) is 24.2. The molecular formula is C26H38N6O2. The number of pyridine rings is 1. The minimum Gasteiger partial charge on any atom is -0.460 e. The van der Waals surface area contributed by atoms with Gasteiger partial charge < -0.3 is 20.3 Å². The third-order valence-corrected chi connectivity index (χ3v) is 6.45. The molecule has 4 heterocycles. The van der Waals surface area contributed by atoms with Gasteiger partial charge in [-0.15, -0.1) is 0 Å². The summed E-state index contributed by atoms with van der Waals surface area (Å²) < 4.78 is 5.40. The molecule has 2 N–H and O–H groups in total. The predicted molar refractivity (Wildman–Crippen MR) is 136 cm³/mol. The highest BCUT2D eigenvalue weighted by molar-refractivity contribution is 5.70. The van der Waals surface area contributed by atoms with Crippen LogP contribution in [0.3, 0.4) is 0 Å². The lowest BCUT2D eigenvalue weighted by Crippen LogP contribution is -2.34. The van der Waals surface area contributed by atoms with E-state index >= 15 is 0 Å². The number of ether oxygens (including phenoxy) is 1. The lowest BCUT2D eigenvalue weighted by atomic mass is 9.92. The van der Waals surface area contributed by atoms with Gasteiger partial charge >= 0.3 is 5.97 Å². The SMILES string of the molecule is CCc1c(NCCC(=O)OC(C)(C)C)ncnc1N1CCC(c2ccc3c(n2)NCCC3)CC1. The number of hydrogen-bond donors (Lipinski definition) is 2. The van der Waals surface area contributed by atoms with Gasteiger partial charge in [0.05, 0.1) is 6.42 Å². The zero-order valence-electron chi connectivity index (χ0n) is 21.0.